The van der Waals surface area contributed by atoms with E-state index in [2.05, 4.69) is 36.3 Å². The Morgan fingerprint density at radius 3 is 2.56 bits per heavy atom. The van der Waals surface area contributed by atoms with Crippen molar-refractivity contribution >= 4 is 17.2 Å². The fraction of sp³-hybridized carbons (Fsp3) is 0.333. The van der Waals surface area contributed by atoms with Gasteiger partial charge in [-0.15, -0.1) is 0 Å². The normalized spacial score (nSPS) is 11.0. The molecule has 1 amide bonds. The van der Waals surface area contributed by atoms with E-state index in [1.54, 1.807) is 0 Å². The van der Waals surface area contributed by atoms with Crippen LogP contribution >= 0.6 is 0 Å². The summed E-state index contributed by atoms with van der Waals surface area (Å²) in [6, 6.07) is 11.8. The second kappa shape index (κ2) is 7.51. The molecule has 0 bridgehead atoms. The third-order valence-electron chi connectivity index (χ3n) is 4.58. The lowest BCUT2D eigenvalue weighted by molar-refractivity contribution is 0.102. The molecule has 4 heteroatoms. The van der Waals surface area contributed by atoms with Crippen LogP contribution < -0.4 is 5.32 Å². The molecular formula is C21H25N3O. The number of aromatic nitrogens is 2. The van der Waals surface area contributed by atoms with Gasteiger partial charge in [0.25, 0.3) is 5.91 Å². The van der Waals surface area contributed by atoms with E-state index in [0.717, 1.165) is 35.6 Å². The third-order valence-corrected chi connectivity index (χ3v) is 4.58. The number of imidazole rings is 1. The summed E-state index contributed by atoms with van der Waals surface area (Å²) in [6.07, 6.45) is 6.21. The molecule has 1 aromatic carbocycles. The number of benzene rings is 1. The lowest BCUT2D eigenvalue weighted by Gasteiger charge is -2.07. The molecule has 0 radical (unpaired) electrons. The minimum atomic E-state index is -0.102. The van der Waals surface area contributed by atoms with Gasteiger partial charge in [0, 0.05) is 17.6 Å². The number of fused-ring (bicyclic) bond motifs is 1. The van der Waals surface area contributed by atoms with E-state index in [9.17, 15) is 4.79 Å². The minimum absolute atomic E-state index is 0.102. The molecule has 0 aliphatic rings. The van der Waals surface area contributed by atoms with Crippen LogP contribution in [0.1, 0.15) is 54.0 Å². The Bertz CT molecular complexity index is 878. The van der Waals surface area contributed by atoms with Crippen molar-refractivity contribution in [2.24, 2.45) is 0 Å². The van der Waals surface area contributed by atoms with Crippen molar-refractivity contribution in [3.63, 3.8) is 0 Å². The van der Waals surface area contributed by atoms with Gasteiger partial charge in [0.2, 0.25) is 0 Å². The number of amides is 1. The number of unbranched alkanes of at least 4 members (excludes halogenated alkanes) is 1. The summed E-state index contributed by atoms with van der Waals surface area (Å²) in [5.41, 5.74) is 5.80. The molecule has 0 saturated carbocycles. The van der Waals surface area contributed by atoms with Gasteiger partial charge in [-0.1, -0.05) is 32.4 Å². The van der Waals surface area contributed by atoms with E-state index >= 15 is 0 Å². The lowest BCUT2D eigenvalue weighted by Crippen LogP contribution is -2.12. The first-order valence-electron chi connectivity index (χ1n) is 9.00. The molecule has 25 heavy (non-hydrogen) atoms. The van der Waals surface area contributed by atoms with Gasteiger partial charge in [0.1, 0.15) is 5.65 Å². The second-order valence-corrected chi connectivity index (χ2v) is 6.40. The quantitative estimate of drug-likeness (QED) is 0.703. The molecule has 130 valence electrons. The van der Waals surface area contributed by atoms with Crippen molar-refractivity contribution in [3.8, 4) is 0 Å². The maximum Gasteiger partial charge on any atom is 0.257 e. The highest BCUT2D eigenvalue weighted by atomic mass is 16.1. The molecule has 3 rings (SSSR count). The Labute approximate surface area is 148 Å². The minimum Gasteiger partial charge on any atom is -0.322 e. The molecule has 0 fully saturated rings. The van der Waals surface area contributed by atoms with Crippen molar-refractivity contribution in [3.05, 3.63) is 65.1 Å². The summed E-state index contributed by atoms with van der Waals surface area (Å²) in [5.74, 6) is -0.102. The monoisotopic (exact) mass is 335 g/mol. The Balaban J connectivity index is 1.76. The average molecular weight is 335 g/mol. The lowest BCUT2D eigenvalue weighted by atomic mass is 10.1. The van der Waals surface area contributed by atoms with Gasteiger partial charge >= 0.3 is 0 Å². The highest BCUT2D eigenvalue weighted by molar-refractivity contribution is 6.04. The van der Waals surface area contributed by atoms with Crippen molar-refractivity contribution < 1.29 is 4.79 Å². The Kier molecular flexibility index (Phi) is 5.17. The summed E-state index contributed by atoms with van der Waals surface area (Å²) in [7, 11) is 0. The van der Waals surface area contributed by atoms with Crippen molar-refractivity contribution in [1.82, 2.24) is 9.38 Å². The van der Waals surface area contributed by atoms with Gasteiger partial charge in [-0.05, 0) is 56.0 Å². The average Bonchev–Trinajstić information content (AvgIpc) is 2.96. The number of nitrogens with one attached hydrogen (secondary N) is 1. The number of rotatable bonds is 6. The van der Waals surface area contributed by atoms with Gasteiger partial charge in [-0.25, -0.2) is 4.98 Å². The molecular weight excluding hydrogens is 310 g/mol. The second-order valence-electron chi connectivity index (χ2n) is 6.40. The molecule has 2 heterocycles. The van der Waals surface area contributed by atoms with Gasteiger partial charge in [-0.3, -0.25) is 4.79 Å². The zero-order chi connectivity index (χ0) is 17.8. The van der Waals surface area contributed by atoms with E-state index in [1.165, 1.54) is 18.4 Å². The number of anilines is 1. The topological polar surface area (TPSA) is 46.4 Å². The van der Waals surface area contributed by atoms with Crippen LogP contribution in [-0.4, -0.2) is 15.3 Å². The molecule has 0 spiro atoms. The summed E-state index contributed by atoms with van der Waals surface area (Å²) in [6.45, 7) is 6.32. The van der Waals surface area contributed by atoms with Crippen LogP contribution in [0.4, 0.5) is 5.69 Å². The fourth-order valence-electron chi connectivity index (χ4n) is 3.02. The maximum atomic E-state index is 12.6. The number of nitrogens with zero attached hydrogens (tertiary/aromatic N) is 2. The van der Waals surface area contributed by atoms with Gasteiger partial charge in [0.05, 0.1) is 11.3 Å². The number of aryl methyl sites for hydroxylation is 3. The van der Waals surface area contributed by atoms with E-state index in [1.807, 2.05) is 41.8 Å². The van der Waals surface area contributed by atoms with E-state index in [0.29, 0.717) is 5.56 Å². The molecule has 2 aromatic heterocycles. The Morgan fingerprint density at radius 2 is 1.88 bits per heavy atom. The van der Waals surface area contributed by atoms with E-state index < -0.39 is 0 Å². The molecule has 4 nitrogen and oxygen atoms in total. The molecule has 0 saturated heterocycles. The standard InChI is InChI=1S/C21H25N3O/c1-4-6-7-16-8-11-18(12-9-16)22-21(25)17-10-13-20-23-19(5-2)15(3)24(20)14-17/h8-14H,4-7H2,1-3H3,(H,22,25). The van der Waals surface area contributed by atoms with E-state index in [4.69, 9.17) is 0 Å². The molecule has 3 aromatic rings. The number of hydrogen-bond acceptors (Lipinski definition) is 2. The Hall–Kier alpha value is -2.62. The molecule has 0 aliphatic heterocycles. The van der Waals surface area contributed by atoms with Crippen molar-refractivity contribution in [2.45, 2.75) is 46.5 Å². The first kappa shape index (κ1) is 17.2. The maximum absolute atomic E-state index is 12.6. The largest absolute Gasteiger partial charge is 0.322 e. The van der Waals surface area contributed by atoms with Gasteiger partial charge in [-0.2, -0.15) is 0 Å². The SMILES string of the molecule is CCCCc1ccc(NC(=O)c2ccc3nc(CC)c(C)n3c2)cc1. The Morgan fingerprint density at radius 1 is 1.12 bits per heavy atom. The summed E-state index contributed by atoms with van der Waals surface area (Å²) in [5, 5.41) is 2.97. The van der Waals surface area contributed by atoms with Crippen molar-refractivity contribution in [1.29, 1.82) is 0 Å². The third kappa shape index (κ3) is 3.73. The van der Waals surface area contributed by atoms with Crippen LogP contribution in [0, 0.1) is 6.92 Å². The van der Waals surface area contributed by atoms with Crippen LogP contribution in [0.5, 0.6) is 0 Å². The number of carbonyl (C=O) groups is 1. The number of hydrogen-bond donors (Lipinski definition) is 1. The first-order valence-corrected chi connectivity index (χ1v) is 9.00. The zero-order valence-corrected chi connectivity index (χ0v) is 15.2. The number of carbonyl (C=O) groups excluding carboxylic acids is 1. The fourth-order valence-corrected chi connectivity index (χ4v) is 3.02. The van der Waals surface area contributed by atoms with E-state index in [-0.39, 0.29) is 5.91 Å². The summed E-state index contributed by atoms with van der Waals surface area (Å²) >= 11 is 0. The zero-order valence-electron chi connectivity index (χ0n) is 15.2. The van der Waals surface area contributed by atoms with Crippen LogP contribution in [-0.2, 0) is 12.8 Å². The summed E-state index contributed by atoms with van der Waals surface area (Å²) < 4.78 is 1.99. The van der Waals surface area contributed by atoms with Gasteiger partial charge < -0.3 is 9.72 Å². The van der Waals surface area contributed by atoms with Crippen LogP contribution in [0.2, 0.25) is 0 Å². The predicted molar refractivity (Wildman–Crippen MR) is 102 cm³/mol. The molecule has 1 N–H and O–H groups in total. The summed E-state index contributed by atoms with van der Waals surface area (Å²) in [4.78, 5) is 17.1. The highest BCUT2D eigenvalue weighted by Crippen LogP contribution is 2.16. The smallest absolute Gasteiger partial charge is 0.257 e. The van der Waals surface area contributed by atoms with Crippen LogP contribution in [0.25, 0.3) is 5.65 Å². The van der Waals surface area contributed by atoms with Gasteiger partial charge in [0.15, 0.2) is 0 Å². The van der Waals surface area contributed by atoms with Crippen LogP contribution in [0.3, 0.4) is 0 Å². The molecule has 0 aliphatic carbocycles. The predicted octanol–water partition coefficient (Wildman–Crippen LogP) is 4.80. The number of pyridine rings is 1. The van der Waals surface area contributed by atoms with Crippen LogP contribution in [0.15, 0.2) is 42.6 Å². The molecule has 0 unspecified atom stereocenters. The molecule has 0 atom stereocenters. The first-order chi connectivity index (χ1) is 12.1. The highest BCUT2D eigenvalue weighted by Gasteiger charge is 2.11. The van der Waals surface area contributed by atoms with Crippen molar-refractivity contribution in [2.75, 3.05) is 5.32 Å².